The van der Waals surface area contributed by atoms with E-state index in [4.69, 9.17) is 4.74 Å². The van der Waals surface area contributed by atoms with Gasteiger partial charge in [-0.05, 0) is 48.4 Å². The third kappa shape index (κ3) is 4.34. The van der Waals surface area contributed by atoms with Crippen LogP contribution in [0, 0.1) is 17.5 Å². The third-order valence-corrected chi connectivity index (χ3v) is 4.30. The number of para-hydroxylation sites is 1. The van der Waals surface area contributed by atoms with Crippen LogP contribution in [0.3, 0.4) is 0 Å². The van der Waals surface area contributed by atoms with E-state index in [-0.39, 0.29) is 12.1 Å². The molecule has 28 heavy (non-hydrogen) atoms. The minimum absolute atomic E-state index is 0.258. The van der Waals surface area contributed by atoms with Gasteiger partial charge in [-0.2, -0.15) is 0 Å². The standard InChI is InChI=1S/C22H18F3NO2/c1-28-18-9-5-6-15(12-18)10-11-26(17-7-3-2-4-8-17)22(27)16-13-19(23)21(25)20(24)14-16/h2-9,12-14H,10-11H2,1H3. The molecule has 3 aromatic rings. The molecule has 0 aromatic heterocycles. The number of nitrogens with zero attached hydrogens (tertiary/aromatic N) is 1. The van der Waals surface area contributed by atoms with E-state index in [1.54, 1.807) is 37.4 Å². The smallest absolute Gasteiger partial charge is 0.258 e. The van der Waals surface area contributed by atoms with Crippen LogP contribution in [-0.2, 0) is 6.42 Å². The van der Waals surface area contributed by atoms with Crippen molar-refractivity contribution >= 4 is 11.6 Å². The monoisotopic (exact) mass is 385 g/mol. The first-order valence-electron chi connectivity index (χ1n) is 8.64. The molecule has 3 aromatic carbocycles. The Balaban J connectivity index is 1.90. The fourth-order valence-corrected chi connectivity index (χ4v) is 2.86. The summed E-state index contributed by atoms with van der Waals surface area (Å²) in [7, 11) is 1.57. The Morgan fingerprint density at radius 3 is 2.25 bits per heavy atom. The number of anilines is 1. The molecule has 0 fully saturated rings. The number of ether oxygens (including phenoxy) is 1. The maximum atomic E-state index is 13.6. The van der Waals surface area contributed by atoms with Crippen LogP contribution in [0.5, 0.6) is 5.75 Å². The Hall–Kier alpha value is -3.28. The average molecular weight is 385 g/mol. The lowest BCUT2D eigenvalue weighted by Gasteiger charge is -2.23. The van der Waals surface area contributed by atoms with Gasteiger partial charge in [-0.15, -0.1) is 0 Å². The largest absolute Gasteiger partial charge is 0.497 e. The first kappa shape index (κ1) is 19.5. The number of methoxy groups -OCH3 is 1. The Bertz CT molecular complexity index is 954. The first-order valence-corrected chi connectivity index (χ1v) is 8.64. The Kier molecular flexibility index (Phi) is 5.99. The van der Waals surface area contributed by atoms with Gasteiger partial charge in [-0.25, -0.2) is 13.2 Å². The molecule has 0 unspecified atom stereocenters. The number of benzene rings is 3. The quantitative estimate of drug-likeness (QED) is 0.559. The van der Waals surface area contributed by atoms with E-state index in [1.807, 2.05) is 24.3 Å². The molecule has 0 heterocycles. The highest BCUT2D eigenvalue weighted by Crippen LogP contribution is 2.21. The van der Waals surface area contributed by atoms with Gasteiger partial charge in [-0.3, -0.25) is 4.79 Å². The minimum atomic E-state index is -1.60. The molecule has 3 nitrogen and oxygen atoms in total. The fraction of sp³-hybridized carbons (Fsp3) is 0.136. The van der Waals surface area contributed by atoms with Gasteiger partial charge in [0.1, 0.15) is 5.75 Å². The van der Waals surface area contributed by atoms with E-state index in [1.165, 1.54) is 4.90 Å². The lowest BCUT2D eigenvalue weighted by Crippen LogP contribution is -2.33. The SMILES string of the molecule is COc1cccc(CCN(C(=O)c2cc(F)c(F)c(F)c2)c2ccccc2)c1. The summed E-state index contributed by atoms with van der Waals surface area (Å²) in [6, 6.07) is 17.6. The highest BCUT2D eigenvalue weighted by Gasteiger charge is 2.21. The van der Waals surface area contributed by atoms with E-state index in [0.717, 1.165) is 5.56 Å². The van der Waals surface area contributed by atoms with Gasteiger partial charge in [0.25, 0.3) is 5.91 Å². The second kappa shape index (κ2) is 8.61. The van der Waals surface area contributed by atoms with Gasteiger partial charge < -0.3 is 9.64 Å². The number of rotatable bonds is 6. The van der Waals surface area contributed by atoms with Crippen molar-refractivity contribution in [2.24, 2.45) is 0 Å². The van der Waals surface area contributed by atoms with Crippen molar-refractivity contribution in [3.8, 4) is 5.75 Å². The summed E-state index contributed by atoms with van der Waals surface area (Å²) in [5.41, 5.74) is 1.25. The second-order valence-electron chi connectivity index (χ2n) is 6.15. The van der Waals surface area contributed by atoms with Gasteiger partial charge >= 0.3 is 0 Å². The van der Waals surface area contributed by atoms with Crippen LogP contribution < -0.4 is 9.64 Å². The van der Waals surface area contributed by atoms with E-state index in [0.29, 0.717) is 30.0 Å². The van der Waals surface area contributed by atoms with Crippen molar-refractivity contribution in [3.05, 3.63) is 95.3 Å². The number of hydrogen-bond donors (Lipinski definition) is 0. The van der Waals surface area contributed by atoms with Crippen molar-refractivity contribution in [3.63, 3.8) is 0 Å². The molecule has 0 radical (unpaired) electrons. The fourth-order valence-electron chi connectivity index (χ4n) is 2.86. The van der Waals surface area contributed by atoms with Crippen molar-refractivity contribution in [2.75, 3.05) is 18.6 Å². The number of halogens is 3. The molecule has 0 aliphatic heterocycles. The molecule has 0 saturated heterocycles. The van der Waals surface area contributed by atoms with Crippen molar-refractivity contribution < 1.29 is 22.7 Å². The molecule has 3 rings (SSSR count). The van der Waals surface area contributed by atoms with Gasteiger partial charge in [0.15, 0.2) is 17.5 Å². The number of hydrogen-bond acceptors (Lipinski definition) is 2. The minimum Gasteiger partial charge on any atom is -0.497 e. The molecule has 0 aliphatic carbocycles. The Morgan fingerprint density at radius 1 is 0.929 bits per heavy atom. The molecular weight excluding hydrogens is 367 g/mol. The van der Waals surface area contributed by atoms with E-state index in [2.05, 4.69) is 0 Å². The summed E-state index contributed by atoms with van der Waals surface area (Å²) < 4.78 is 45.7. The zero-order valence-corrected chi connectivity index (χ0v) is 15.2. The molecule has 1 amide bonds. The van der Waals surface area contributed by atoms with E-state index >= 15 is 0 Å². The summed E-state index contributed by atoms with van der Waals surface area (Å²) >= 11 is 0. The molecule has 0 atom stereocenters. The summed E-state index contributed by atoms with van der Waals surface area (Å²) in [5.74, 6) is -4.32. The van der Waals surface area contributed by atoms with E-state index < -0.39 is 23.4 Å². The second-order valence-corrected chi connectivity index (χ2v) is 6.15. The highest BCUT2D eigenvalue weighted by atomic mass is 19.2. The topological polar surface area (TPSA) is 29.5 Å². The molecular formula is C22H18F3NO2. The molecule has 0 saturated carbocycles. The zero-order chi connectivity index (χ0) is 20.1. The van der Waals surface area contributed by atoms with Crippen molar-refractivity contribution in [1.29, 1.82) is 0 Å². The van der Waals surface area contributed by atoms with Crippen LogP contribution in [0.4, 0.5) is 18.9 Å². The highest BCUT2D eigenvalue weighted by molar-refractivity contribution is 6.06. The normalized spacial score (nSPS) is 10.6. The molecule has 144 valence electrons. The molecule has 0 bridgehead atoms. The lowest BCUT2D eigenvalue weighted by molar-refractivity contribution is 0.0986. The number of carbonyl (C=O) groups excluding carboxylic acids is 1. The average Bonchev–Trinajstić information content (AvgIpc) is 2.72. The van der Waals surface area contributed by atoms with Crippen LogP contribution in [0.1, 0.15) is 15.9 Å². The van der Waals surface area contributed by atoms with Gasteiger partial charge in [0.2, 0.25) is 0 Å². The van der Waals surface area contributed by atoms with Gasteiger partial charge in [0, 0.05) is 17.8 Å². The molecule has 0 aliphatic rings. The lowest BCUT2D eigenvalue weighted by atomic mass is 10.1. The van der Waals surface area contributed by atoms with Crippen molar-refractivity contribution in [2.45, 2.75) is 6.42 Å². The Morgan fingerprint density at radius 2 is 1.61 bits per heavy atom. The van der Waals surface area contributed by atoms with Gasteiger partial charge in [-0.1, -0.05) is 30.3 Å². The van der Waals surface area contributed by atoms with Crippen molar-refractivity contribution in [1.82, 2.24) is 0 Å². The predicted octanol–water partition coefficient (Wildman–Crippen LogP) is 5.00. The number of amides is 1. The van der Waals surface area contributed by atoms with Crippen LogP contribution in [0.25, 0.3) is 0 Å². The van der Waals surface area contributed by atoms with Crippen LogP contribution in [0.15, 0.2) is 66.7 Å². The number of carbonyl (C=O) groups is 1. The predicted molar refractivity (Wildman–Crippen MR) is 101 cm³/mol. The van der Waals surface area contributed by atoms with Crippen LogP contribution in [-0.4, -0.2) is 19.6 Å². The molecule has 0 spiro atoms. The maximum absolute atomic E-state index is 13.6. The summed E-state index contributed by atoms with van der Waals surface area (Å²) in [5, 5.41) is 0. The summed E-state index contributed by atoms with van der Waals surface area (Å²) in [6.07, 6.45) is 0.490. The van der Waals surface area contributed by atoms with Gasteiger partial charge in [0.05, 0.1) is 7.11 Å². The molecule has 6 heteroatoms. The van der Waals surface area contributed by atoms with Crippen LogP contribution in [0.2, 0.25) is 0 Å². The Labute approximate surface area is 161 Å². The molecule has 0 N–H and O–H groups in total. The van der Waals surface area contributed by atoms with E-state index in [9.17, 15) is 18.0 Å². The zero-order valence-electron chi connectivity index (χ0n) is 15.2. The first-order chi connectivity index (χ1) is 13.5. The maximum Gasteiger partial charge on any atom is 0.258 e. The summed E-state index contributed by atoms with van der Waals surface area (Å²) in [4.78, 5) is 14.4. The third-order valence-electron chi connectivity index (χ3n) is 4.30. The van der Waals surface area contributed by atoms with Crippen LogP contribution >= 0.6 is 0 Å². The summed E-state index contributed by atoms with van der Waals surface area (Å²) in [6.45, 7) is 0.261.